The van der Waals surface area contributed by atoms with Crippen molar-refractivity contribution < 1.29 is 9.90 Å². The largest absolute Gasteiger partial charge is 0.391 e. The number of aliphatic hydroxyl groups is 1. The Morgan fingerprint density at radius 2 is 2.00 bits per heavy atom. The number of fused-ring (bicyclic) bond motifs is 2. The Bertz CT molecular complexity index is 1170. The fourth-order valence-corrected chi connectivity index (χ4v) is 3.96. The summed E-state index contributed by atoms with van der Waals surface area (Å²) in [7, 11) is 0. The van der Waals surface area contributed by atoms with Crippen LogP contribution in [0.5, 0.6) is 0 Å². The van der Waals surface area contributed by atoms with E-state index in [0.29, 0.717) is 30.7 Å². The standard InChI is InChI=1S/C21H19N5O2/c27-19-12-25(21(28)15-5-6-20-23-13-24-26(20)11-15)10-16(19)9-14-7-8-22-18-4-2-1-3-17(14)18/h1-8,11,13,16,19,27H,9-10,12H2/t16-,19-/m1/s1. The number of aliphatic hydroxyl groups excluding tert-OH is 1. The molecule has 140 valence electrons. The molecule has 1 aromatic carbocycles. The summed E-state index contributed by atoms with van der Waals surface area (Å²) in [6.45, 7) is 0.855. The lowest BCUT2D eigenvalue weighted by atomic mass is 9.94. The SMILES string of the molecule is O=C(c1ccc2ncnn2c1)N1C[C@@H](Cc2ccnc3ccccc23)[C@H](O)C1. The third-order valence-corrected chi connectivity index (χ3v) is 5.44. The maximum absolute atomic E-state index is 12.9. The maximum Gasteiger partial charge on any atom is 0.255 e. The second-order valence-corrected chi connectivity index (χ2v) is 7.21. The number of aromatic nitrogens is 4. The number of amides is 1. The van der Waals surface area contributed by atoms with E-state index in [1.165, 1.54) is 6.33 Å². The molecule has 0 bridgehead atoms. The third-order valence-electron chi connectivity index (χ3n) is 5.44. The van der Waals surface area contributed by atoms with Gasteiger partial charge in [-0.1, -0.05) is 18.2 Å². The summed E-state index contributed by atoms with van der Waals surface area (Å²) in [6, 6.07) is 13.5. The number of pyridine rings is 2. The van der Waals surface area contributed by atoms with Crippen LogP contribution >= 0.6 is 0 Å². The van der Waals surface area contributed by atoms with E-state index in [4.69, 9.17) is 0 Å². The Labute approximate surface area is 161 Å². The summed E-state index contributed by atoms with van der Waals surface area (Å²) in [4.78, 5) is 23.1. The van der Waals surface area contributed by atoms with Gasteiger partial charge in [0.25, 0.3) is 5.91 Å². The van der Waals surface area contributed by atoms with E-state index in [-0.39, 0.29) is 11.8 Å². The molecule has 2 atom stereocenters. The normalized spacial score (nSPS) is 19.5. The molecule has 4 heterocycles. The van der Waals surface area contributed by atoms with Crippen LogP contribution in [0.1, 0.15) is 15.9 Å². The summed E-state index contributed by atoms with van der Waals surface area (Å²) in [5, 5.41) is 15.8. The van der Waals surface area contributed by atoms with Gasteiger partial charge in [-0.2, -0.15) is 5.10 Å². The minimum Gasteiger partial charge on any atom is -0.391 e. The van der Waals surface area contributed by atoms with Crippen LogP contribution < -0.4 is 0 Å². The predicted molar refractivity (Wildman–Crippen MR) is 104 cm³/mol. The highest BCUT2D eigenvalue weighted by molar-refractivity contribution is 5.94. The molecule has 7 heteroatoms. The number of carbonyl (C=O) groups is 1. The number of benzene rings is 1. The molecule has 28 heavy (non-hydrogen) atoms. The molecule has 1 saturated heterocycles. The summed E-state index contributed by atoms with van der Waals surface area (Å²) in [5.41, 5.74) is 3.33. The average Bonchev–Trinajstić information content (AvgIpc) is 3.34. The molecule has 0 saturated carbocycles. The summed E-state index contributed by atoms with van der Waals surface area (Å²) in [6.07, 6.45) is 5.09. The van der Waals surface area contributed by atoms with E-state index >= 15 is 0 Å². The molecular formula is C21H19N5O2. The van der Waals surface area contributed by atoms with Gasteiger partial charge in [-0.3, -0.25) is 9.78 Å². The van der Waals surface area contributed by atoms with Gasteiger partial charge in [0.05, 0.1) is 17.2 Å². The van der Waals surface area contributed by atoms with Crippen LogP contribution in [0, 0.1) is 5.92 Å². The number of nitrogens with zero attached hydrogens (tertiary/aromatic N) is 5. The number of para-hydroxylation sites is 1. The number of carbonyl (C=O) groups excluding carboxylic acids is 1. The van der Waals surface area contributed by atoms with E-state index in [1.54, 1.807) is 33.9 Å². The molecule has 1 fully saturated rings. The average molecular weight is 373 g/mol. The lowest BCUT2D eigenvalue weighted by molar-refractivity contribution is 0.0764. The van der Waals surface area contributed by atoms with Gasteiger partial charge in [0.1, 0.15) is 6.33 Å². The van der Waals surface area contributed by atoms with Crippen LogP contribution in [0.4, 0.5) is 0 Å². The Morgan fingerprint density at radius 3 is 2.93 bits per heavy atom. The van der Waals surface area contributed by atoms with Crippen LogP contribution in [-0.4, -0.2) is 54.7 Å². The van der Waals surface area contributed by atoms with Crippen molar-refractivity contribution in [3.63, 3.8) is 0 Å². The minimum absolute atomic E-state index is 0.00939. The van der Waals surface area contributed by atoms with Gasteiger partial charge < -0.3 is 10.0 Å². The lowest BCUT2D eigenvalue weighted by Gasteiger charge is -2.16. The topological polar surface area (TPSA) is 83.6 Å². The molecular weight excluding hydrogens is 354 g/mol. The predicted octanol–water partition coefficient (Wildman–Crippen LogP) is 1.95. The zero-order valence-corrected chi connectivity index (χ0v) is 15.1. The number of likely N-dealkylation sites (tertiary alicyclic amines) is 1. The summed E-state index contributed by atoms with van der Waals surface area (Å²) >= 11 is 0. The fraction of sp³-hybridized carbons (Fsp3) is 0.238. The molecule has 0 unspecified atom stereocenters. The van der Waals surface area contributed by atoms with Gasteiger partial charge in [0.2, 0.25) is 0 Å². The number of β-amino-alcohol motifs (C(OH)–C–C–N with tert-alkyl or cyclic N) is 1. The first-order valence-corrected chi connectivity index (χ1v) is 9.28. The maximum atomic E-state index is 12.9. The molecule has 1 aliphatic heterocycles. The van der Waals surface area contributed by atoms with Crippen LogP contribution in [0.25, 0.3) is 16.6 Å². The van der Waals surface area contributed by atoms with Crippen molar-refractivity contribution in [2.75, 3.05) is 13.1 Å². The second kappa shape index (κ2) is 6.69. The Morgan fingerprint density at radius 1 is 1.11 bits per heavy atom. The summed E-state index contributed by atoms with van der Waals surface area (Å²) in [5.74, 6) is -0.108. The molecule has 3 aromatic heterocycles. The van der Waals surface area contributed by atoms with Crippen molar-refractivity contribution in [3.8, 4) is 0 Å². The number of hydrogen-bond acceptors (Lipinski definition) is 5. The van der Waals surface area contributed by atoms with Crippen LogP contribution in [0.3, 0.4) is 0 Å². The minimum atomic E-state index is -0.550. The highest BCUT2D eigenvalue weighted by Crippen LogP contribution is 2.26. The van der Waals surface area contributed by atoms with Crippen molar-refractivity contribution in [3.05, 3.63) is 72.3 Å². The molecule has 1 aliphatic rings. The summed E-state index contributed by atoms with van der Waals surface area (Å²) < 4.78 is 1.58. The number of rotatable bonds is 3. The molecule has 1 N–H and O–H groups in total. The smallest absolute Gasteiger partial charge is 0.255 e. The van der Waals surface area contributed by atoms with Crippen molar-refractivity contribution >= 4 is 22.5 Å². The van der Waals surface area contributed by atoms with Gasteiger partial charge in [0.15, 0.2) is 5.65 Å². The van der Waals surface area contributed by atoms with Crippen molar-refractivity contribution in [2.45, 2.75) is 12.5 Å². The van der Waals surface area contributed by atoms with E-state index in [1.807, 2.05) is 24.3 Å². The first-order chi connectivity index (χ1) is 13.7. The quantitative estimate of drug-likeness (QED) is 0.593. The van der Waals surface area contributed by atoms with Gasteiger partial charge >= 0.3 is 0 Å². The Balaban J connectivity index is 1.36. The lowest BCUT2D eigenvalue weighted by Crippen LogP contribution is -2.29. The zero-order chi connectivity index (χ0) is 19.1. The van der Waals surface area contributed by atoms with Gasteiger partial charge in [0, 0.05) is 36.8 Å². The third kappa shape index (κ3) is 2.90. The number of hydrogen-bond donors (Lipinski definition) is 1. The zero-order valence-electron chi connectivity index (χ0n) is 15.1. The van der Waals surface area contributed by atoms with Crippen LogP contribution in [0.2, 0.25) is 0 Å². The first-order valence-electron chi connectivity index (χ1n) is 9.28. The van der Waals surface area contributed by atoms with E-state index in [2.05, 4.69) is 21.1 Å². The second-order valence-electron chi connectivity index (χ2n) is 7.21. The monoisotopic (exact) mass is 373 g/mol. The molecule has 0 spiro atoms. The molecule has 0 aliphatic carbocycles. The molecule has 4 aromatic rings. The van der Waals surface area contributed by atoms with E-state index in [0.717, 1.165) is 16.5 Å². The van der Waals surface area contributed by atoms with E-state index in [9.17, 15) is 9.90 Å². The highest BCUT2D eigenvalue weighted by Gasteiger charge is 2.34. The molecule has 1 amide bonds. The van der Waals surface area contributed by atoms with Crippen molar-refractivity contribution in [1.82, 2.24) is 24.5 Å². The first kappa shape index (κ1) is 16.8. The van der Waals surface area contributed by atoms with Gasteiger partial charge in [-0.15, -0.1) is 0 Å². The molecule has 0 radical (unpaired) electrons. The van der Waals surface area contributed by atoms with E-state index < -0.39 is 6.10 Å². The Kier molecular flexibility index (Phi) is 4.02. The van der Waals surface area contributed by atoms with Crippen molar-refractivity contribution in [1.29, 1.82) is 0 Å². The fourth-order valence-electron chi connectivity index (χ4n) is 3.96. The van der Waals surface area contributed by atoms with Gasteiger partial charge in [-0.25, -0.2) is 9.50 Å². The highest BCUT2D eigenvalue weighted by atomic mass is 16.3. The Hall–Kier alpha value is -3.32. The van der Waals surface area contributed by atoms with Gasteiger partial charge in [-0.05, 0) is 36.2 Å². The van der Waals surface area contributed by atoms with Crippen LogP contribution in [-0.2, 0) is 6.42 Å². The molecule has 5 rings (SSSR count). The van der Waals surface area contributed by atoms with Crippen molar-refractivity contribution in [2.24, 2.45) is 5.92 Å². The van der Waals surface area contributed by atoms with Crippen LogP contribution in [0.15, 0.2) is 61.2 Å². The molecule has 7 nitrogen and oxygen atoms in total.